The summed E-state index contributed by atoms with van der Waals surface area (Å²) >= 11 is 0. The van der Waals surface area contributed by atoms with Crippen LogP contribution >= 0.6 is 7.82 Å². The van der Waals surface area contributed by atoms with Gasteiger partial charge in [0.1, 0.15) is 6.10 Å². The second kappa shape index (κ2) is 38.7. The minimum absolute atomic E-state index is 0.0286. The number of carbonyl (C=O) groups excluding carboxylic acids is 1. The molecule has 0 radical (unpaired) electrons. The molecule has 0 fully saturated rings. The highest BCUT2D eigenvalue weighted by Gasteiger charge is 2.25. The van der Waals surface area contributed by atoms with Crippen molar-refractivity contribution in [1.82, 2.24) is 0 Å². The molecular formula is C43H76NO10P. The number of carbonyl (C=O) groups is 1. The fourth-order valence-electron chi connectivity index (χ4n) is 5.29. The third-order valence-corrected chi connectivity index (χ3v) is 9.45. The van der Waals surface area contributed by atoms with Crippen molar-refractivity contribution in [1.29, 1.82) is 0 Å². The van der Waals surface area contributed by atoms with Crippen LogP contribution in [0.25, 0.3) is 0 Å². The number of esters is 1. The van der Waals surface area contributed by atoms with Crippen LogP contribution in [0, 0.1) is 0 Å². The molecule has 0 spiro atoms. The van der Waals surface area contributed by atoms with Crippen LogP contribution in [0.2, 0.25) is 0 Å². The van der Waals surface area contributed by atoms with Crippen LogP contribution in [-0.4, -0.2) is 83.6 Å². The number of phosphoric acid groups is 1. The Balaban J connectivity index is 4.41. The average molecular weight is 798 g/mol. The highest BCUT2D eigenvalue weighted by Crippen LogP contribution is 2.43. The molecule has 0 heterocycles. The lowest BCUT2D eigenvalue weighted by Crippen LogP contribution is -2.28. The third-order valence-electron chi connectivity index (χ3n) is 8.47. The predicted octanol–water partition coefficient (Wildman–Crippen LogP) is 8.88. The fourth-order valence-corrected chi connectivity index (χ4v) is 6.05. The van der Waals surface area contributed by atoms with Crippen LogP contribution in [0.4, 0.5) is 0 Å². The summed E-state index contributed by atoms with van der Waals surface area (Å²) in [5, 5.41) is 30.0. The van der Waals surface area contributed by atoms with Gasteiger partial charge < -0.3 is 35.4 Å². The van der Waals surface area contributed by atoms with Crippen molar-refractivity contribution in [3.8, 4) is 0 Å². The number of hydrogen-bond donors (Lipinski definition) is 5. The van der Waals surface area contributed by atoms with E-state index in [1.807, 2.05) is 19.1 Å². The number of unbranched alkanes of at least 4 members (excludes halogenated alkanes) is 13. The molecule has 318 valence electrons. The van der Waals surface area contributed by atoms with E-state index in [9.17, 15) is 29.6 Å². The first-order valence-corrected chi connectivity index (χ1v) is 22.3. The number of phosphoric ester groups is 1. The first-order valence-electron chi connectivity index (χ1n) is 20.8. The van der Waals surface area contributed by atoms with E-state index in [1.54, 1.807) is 54.7 Å². The molecule has 0 aliphatic rings. The first kappa shape index (κ1) is 52.8. The number of rotatable bonds is 38. The van der Waals surface area contributed by atoms with E-state index in [0.717, 1.165) is 25.7 Å². The molecule has 0 saturated carbocycles. The molecule has 0 aliphatic carbocycles. The highest BCUT2D eigenvalue weighted by molar-refractivity contribution is 7.47. The van der Waals surface area contributed by atoms with Crippen molar-refractivity contribution in [2.45, 2.75) is 160 Å². The van der Waals surface area contributed by atoms with Gasteiger partial charge in [0.25, 0.3) is 0 Å². The van der Waals surface area contributed by atoms with Gasteiger partial charge in [-0.15, -0.1) is 0 Å². The number of ether oxygens (including phenoxy) is 2. The average Bonchev–Trinajstić information content (AvgIpc) is 3.16. The topological polar surface area (TPSA) is 178 Å². The van der Waals surface area contributed by atoms with E-state index >= 15 is 0 Å². The second-order valence-electron chi connectivity index (χ2n) is 13.7. The van der Waals surface area contributed by atoms with E-state index in [4.69, 9.17) is 24.3 Å². The highest BCUT2D eigenvalue weighted by atomic mass is 31.2. The van der Waals surface area contributed by atoms with Gasteiger partial charge >= 0.3 is 13.8 Å². The minimum Gasteiger partial charge on any atom is -0.457 e. The van der Waals surface area contributed by atoms with Gasteiger partial charge in [0.05, 0.1) is 38.1 Å². The number of nitrogens with two attached hydrogens (primary N) is 1. The molecule has 0 saturated heterocycles. The van der Waals surface area contributed by atoms with Gasteiger partial charge in [0.15, 0.2) is 0 Å². The molecule has 0 aromatic rings. The van der Waals surface area contributed by atoms with E-state index in [1.165, 1.54) is 76.7 Å². The van der Waals surface area contributed by atoms with Crippen molar-refractivity contribution in [2.75, 3.05) is 33.0 Å². The molecule has 0 rings (SSSR count). The summed E-state index contributed by atoms with van der Waals surface area (Å²) in [5.74, 6) is -0.503. The van der Waals surface area contributed by atoms with Crippen LogP contribution in [-0.2, 0) is 27.9 Å². The van der Waals surface area contributed by atoms with Crippen LogP contribution < -0.4 is 5.73 Å². The first-order chi connectivity index (χ1) is 26.6. The van der Waals surface area contributed by atoms with Gasteiger partial charge in [-0.3, -0.25) is 13.8 Å². The molecule has 6 N–H and O–H groups in total. The van der Waals surface area contributed by atoms with Gasteiger partial charge in [0.2, 0.25) is 0 Å². The Bertz CT molecular complexity index is 1120. The van der Waals surface area contributed by atoms with Crippen LogP contribution in [0.3, 0.4) is 0 Å². The molecule has 5 atom stereocenters. The summed E-state index contributed by atoms with van der Waals surface area (Å²) in [6.07, 6.45) is 37.4. The van der Waals surface area contributed by atoms with Crippen molar-refractivity contribution in [2.24, 2.45) is 5.73 Å². The van der Waals surface area contributed by atoms with Crippen molar-refractivity contribution >= 4 is 13.8 Å². The Morgan fingerprint density at radius 3 is 1.84 bits per heavy atom. The van der Waals surface area contributed by atoms with Crippen molar-refractivity contribution in [3.05, 3.63) is 72.9 Å². The summed E-state index contributed by atoms with van der Waals surface area (Å²) in [6, 6.07) is 0. The van der Waals surface area contributed by atoms with E-state index < -0.39 is 38.2 Å². The Labute approximate surface area is 333 Å². The molecular weight excluding hydrogens is 721 g/mol. The summed E-state index contributed by atoms with van der Waals surface area (Å²) in [4.78, 5) is 22.4. The summed E-state index contributed by atoms with van der Waals surface area (Å²) < 4.78 is 33.2. The predicted molar refractivity (Wildman–Crippen MR) is 223 cm³/mol. The molecule has 0 aromatic heterocycles. The number of aliphatic hydroxyl groups is 3. The Morgan fingerprint density at radius 1 is 0.673 bits per heavy atom. The lowest BCUT2D eigenvalue weighted by Gasteiger charge is -2.20. The normalized spacial score (nSPS) is 16.0. The molecule has 55 heavy (non-hydrogen) atoms. The third kappa shape index (κ3) is 37.2. The maximum absolute atomic E-state index is 12.5. The SMILES string of the molecule is CC/C=C\CC(O)C(O)/C=C/C=C\C=C\C=C\C(O)C/C=C/CCC(=O)OC(COCCCCCCCCCCCCCCCC)COP(=O)(O)OCCN. The molecule has 0 bridgehead atoms. The summed E-state index contributed by atoms with van der Waals surface area (Å²) in [5.41, 5.74) is 5.34. The largest absolute Gasteiger partial charge is 0.472 e. The fraction of sp³-hybridized carbons (Fsp3) is 0.698. The molecule has 0 aromatic carbocycles. The number of allylic oxidation sites excluding steroid dienone is 8. The van der Waals surface area contributed by atoms with E-state index in [-0.39, 0.29) is 32.8 Å². The molecule has 0 amide bonds. The van der Waals surface area contributed by atoms with E-state index in [0.29, 0.717) is 25.9 Å². The lowest BCUT2D eigenvalue weighted by atomic mass is 10.0. The Hall–Kier alpha value is -2.18. The van der Waals surface area contributed by atoms with Crippen LogP contribution in [0.15, 0.2) is 72.9 Å². The zero-order valence-electron chi connectivity index (χ0n) is 34.0. The molecule has 0 aliphatic heterocycles. The quantitative estimate of drug-likeness (QED) is 0.0133. The second-order valence-corrected chi connectivity index (χ2v) is 15.1. The zero-order chi connectivity index (χ0) is 40.7. The smallest absolute Gasteiger partial charge is 0.457 e. The van der Waals surface area contributed by atoms with Gasteiger partial charge in [0, 0.05) is 19.6 Å². The van der Waals surface area contributed by atoms with Gasteiger partial charge in [-0.2, -0.15) is 0 Å². The maximum Gasteiger partial charge on any atom is 0.472 e. The van der Waals surface area contributed by atoms with Gasteiger partial charge in [-0.1, -0.05) is 170 Å². The lowest BCUT2D eigenvalue weighted by molar-refractivity contribution is -0.154. The van der Waals surface area contributed by atoms with E-state index in [2.05, 4.69) is 6.92 Å². The minimum atomic E-state index is -4.34. The summed E-state index contributed by atoms with van der Waals surface area (Å²) in [6.45, 7) is 4.33. The number of aliphatic hydroxyl groups excluding tert-OH is 3. The molecule has 12 heteroatoms. The van der Waals surface area contributed by atoms with Crippen molar-refractivity contribution < 1.29 is 48.1 Å². The Morgan fingerprint density at radius 2 is 1.24 bits per heavy atom. The summed E-state index contributed by atoms with van der Waals surface area (Å²) in [7, 11) is -4.34. The monoisotopic (exact) mass is 798 g/mol. The van der Waals surface area contributed by atoms with Crippen LogP contribution in [0.5, 0.6) is 0 Å². The van der Waals surface area contributed by atoms with Crippen molar-refractivity contribution in [3.63, 3.8) is 0 Å². The zero-order valence-corrected chi connectivity index (χ0v) is 34.9. The van der Waals surface area contributed by atoms with Gasteiger partial charge in [-0.25, -0.2) is 4.57 Å². The van der Waals surface area contributed by atoms with Crippen LogP contribution in [0.1, 0.15) is 136 Å². The molecule has 5 unspecified atom stereocenters. The number of hydrogen-bond acceptors (Lipinski definition) is 10. The Kier molecular flexibility index (Phi) is 37.1. The molecule has 11 nitrogen and oxygen atoms in total. The standard InChI is InChI=1S/C43H76NO10P/c1-3-5-7-8-9-10-11-12-13-14-15-18-21-28-35-51-37-40(38-53-55(49,50)52-36-34-44)54-43(48)33-27-22-25-30-39(45)29-24-19-16-17-20-26-32-42(47)41(46)31-23-6-4-2/h6,16-17,19-20,22-26,29,32,39-42,45-47H,3-5,7-15,18,21,27-28,30-31,33-38,44H2,1-2H3,(H,49,50)/b19-16+,20-17-,23-6-,25-22+,29-24+,32-26+. The van der Waals surface area contributed by atoms with Gasteiger partial charge in [-0.05, 0) is 32.1 Å². The maximum atomic E-state index is 12.5.